The van der Waals surface area contributed by atoms with Crippen LogP contribution < -0.4 is 0 Å². The SMILES string of the molecule is CC(OCCCS)c1ccc2ccccc2c1. The molecule has 0 aliphatic carbocycles. The van der Waals surface area contributed by atoms with Gasteiger partial charge in [0.2, 0.25) is 0 Å². The molecule has 0 aliphatic rings. The summed E-state index contributed by atoms with van der Waals surface area (Å²) < 4.78 is 5.77. The van der Waals surface area contributed by atoms with Crippen molar-refractivity contribution in [1.82, 2.24) is 0 Å². The Morgan fingerprint density at radius 1 is 1.12 bits per heavy atom. The van der Waals surface area contributed by atoms with E-state index in [1.54, 1.807) is 0 Å². The second-order valence-electron chi connectivity index (χ2n) is 4.20. The lowest BCUT2D eigenvalue weighted by atomic mass is 10.0. The van der Waals surface area contributed by atoms with Crippen molar-refractivity contribution in [3.63, 3.8) is 0 Å². The predicted molar refractivity (Wildman–Crippen MR) is 76.8 cm³/mol. The summed E-state index contributed by atoms with van der Waals surface area (Å²) in [5, 5.41) is 2.55. The lowest BCUT2D eigenvalue weighted by molar-refractivity contribution is 0.0669. The van der Waals surface area contributed by atoms with Crippen molar-refractivity contribution < 1.29 is 4.74 Å². The van der Waals surface area contributed by atoms with E-state index < -0.39 is 0 Å². The smallest absolute Gasteiger partial charge is 0.0797 e. The summed E-state index contributed by atoms with van der Waals surface area (Å²) in [5.74, 6) is 0.879. The van der Waals surface area contributed by atoms with Crippen LogP contribution in [0.25, 0.3) is 10.8 Å². The number of hydrogen-bond donors (Lipinski definition) is 1. The lowest BCUT2D eigenvalue weighted by Crippen LogP contribution is -2.02. The maximum atomic E-state index is 5.77. The molecule has 0 fully saturated rings. The van der Waals surface area contributed by atoms with Crippen molar-refractivity contribution in [3.8, 4) is 0 Å². The van der Waals surface area contributed by atoms with E-state index in [9.17, 15) is 0 Å². The molecule has 0 saturated carbocycles. The highest BCUT2D eigenvalue weighted by Gasteiger charge is 2.05. The molecule has 0 N–H and O–H groups in total. The van der Waals surface area contributed by atoms with Crippen LogP contribution in [0.2, 0.25) is 0 Å². The number of thiol groups is 1. The number of hydrogen-bond acceptors (Lipinski definition) is 2. The standard InChI is InChI=1S/C15H18OS/c1-12(16-9-4-10-17)14-8-7-13-5-2-3-6-15(13)11-14/h2-3,5-8,11-12,17H,4,9-10H2,1H3. The Bertz CT molecular complexity index is 481. The van der Waals surface area contributed by atoms with Crippen molar-refractivity contribution in [2.24, 2.45) is 0 Å². The molecule has 2 heteroatoms. The van der Waals surface area contributed by atoms with Crippen LogP contribution in [0.15, 0.2) is 42.5 Å². The fraction of sp³-hybridized carbons (Fsp3) is 0.333. The van der Waals surface area contributed by atoms with Crippen LogP contribution in [0.3, 0.4) is 0 Å². The highest BCUT2D eigenvalue weighted by atomic mass is 32.1. The van der Waals surface area contributed by atoms with Gasteiger partial charge in [-0.25, -0.2) is 0 Å². The summed E-state index contributed by atoms with van der Waals surface area (Å²) in [7, 11) is 0. The van der Waals surface area contributed by atoms with Gasteiger partial charge < -0.3 is 4.74 Å². The fourth-order valence-corrected chi connectivity index (χ4v) is 2.01. The van der Waals surface area contributed by atoms with Crippen molar-refractivity contribution >= 4 is 23.4 Å². The molecule has 0 bridgehead atoms. The fourth-order valence-electron chi connectivity index (χ4n) is 1.88. The zero-order chi connectivity index (χ0) is 12.1. The second-order valence-corrected chi connectivity index (χ2v) is 4.64. The van der Waals surface area contributed by atoms with Gasteiger partial charge in [-0.1, -0.05) is 36.4 Å². The monoisotopic (exact) mass is 246 g/mol. The molecule has 90 valence electrons. The average Bonchev–Trinajstić information content (AvgIpc) is 2.38. The molecule has 0 spiro atoms. The largest absolute Gasteiger partial charge is 0.374 e. The van der Waals surface area contributed by atoms with E-state index in [-0.39, 0.29) is 6.10 Å². The summed E-state index contributed by atoms with van der Waals surface area (Å²) in [6.45, 7) is 2.88. The Kier molecular flexibility index (Phi) is 4.46. The molecule has 0 heterocycles. The van der Waals surface area contributed by atoms with Gasteiger partial charge in [-0.3, -0.25) is 0 Å². The molecule has 0 aliphatic heterocycles. The highest BCUT2D eigenvalue weighted by Crippen LogP contribution is 2.22. The highest BCUT2D eigenvalue weighted by molar-refractivity contribution is 7.80. The van der Waals surface area contributed by atoms with Crippen molar-refractivity contribution in [3.05, 3.63) is 48.0 Å². The number of rotatable bonds is 5. The average molecular weight is 246 g/mol. The third-order valence-corrected chi connectivity index (χ3v) is 3.23. The van der Waals surface area contributed by atoms with Gasteiger partial charge in [-0.05, 0) is 41.5 Å². The van der Waals surface area contributed by atoms with Gasteiger partial charge in [0.1, 0.15) is 0 Å². The number of benzene rings is 2. The number of fused-ring (bicyclic) bond motifs is 1. The summed E-state index contributed by atoms with van der Waals surface area (Å²) in [4.78, 5) is 0. The van der Waals surface area contributed by atoms with Crippen LogP contribution in [0.4, 0.5) is 0 Å². The van der Waals surface area contributed by atoms with Gasteiger partial charge in [0.15, 0.2) is 0 Å². The van der Waals surface area contributed by atoms with Crippen molar-refractivity contribution in [2.75, 3.05) is 12.4 Å². The van der Waals surface area contributed by atoms with Gasteiger partial charge >= 0.3 is 0 Å². The van der Waals surface area contributed by atoms with E-state index >= 15 is 0 Å². The topological polar surface area (TPSA) is 9.23 Å². The van der Waals surface area contributed by atoms with Crippen LogP contribution in [0.5, 0.6) is 0 Å². The third-order valence-electron chi connectivity index (χ3n) is 2.91. The van der Waals surface area contributed by atoms with Gasteiger partial charge in [0, 0.05) is 6.61 Å². The van der Waals surface area contributed by atoms with Crippen molar-refractivity contribution in [1.29, 1.82) is 0 Å². The van der Waals surface area contributed by atoms with Crippen LogP contribution in [0, 0.1) is 0 Å². The number of ether oxygens (including phenoxy) is 1. The van der Waals surface area contributed by atoms with E-state index in [0.29, 0.717) is 0 Å². The summed E-state index contributed by atoms with van der Waals surface area (Å²) in [6.07, 6.45) is 1.15. The molecule has 1 unspecified atom stereocenters. The maximum absolute atomic E-state index is 5.77. The molecule has 0 aromatic heterocycles. The minimum absolute atomic E-state index is 0.152. The zero-order valence-electron chi connectivity index (χ0n) is 10.1. The molecule has 0 saturated heterocycles. The maximum Gasteiger partial charge on any atom is 0.0797 e. The van der Waals surface area contributed by atoms with E-state index in [2.05, 4.69) is 62.0 Å². The first kappa shape index (κ1) is 12.5. The van der Waals surface area contributed by atoms with Gasteiger partial charge in [0.25, 0.3) is 0 Å². The Morgan fingerprint density at radius 3 is 2.65 bits per heavy atom. The molecule has 1 nitrogen and oxygen atoms in total. The summed E-state index contributed by atoms with van der Waals surface area (Å²) in [6, 6.07) is 14.9. The predicted octanol–water partition coefficient (Wildman–Crippen LogP) is 4.24. The first-order valence-electron chi connectivity index (χ1n) is 6.02. The van der Waals surface area contributed by atoms with Gasteiger partial charge in [0.05, 0.1) is 6.10 Å². The first-order valence-corrected chi connectivity index (χ1v) is 6.65. The Hall–Kier alpha value is -0.990. The molecule has 2 aromatic rings. The minimum atomic E-state index is 0.152. The normalized spacial score (nSPS) is 12.8. The summed E-state index contributed by atoms with van der Waals surface area (Å²) >= 11 is 4.18. The van der Waals surface area contributed by atoms with E-state index in [1.165, 1.54) is 16.3 Å². The van der Waals surface area contributed by atoms with E-state index in [0.717, 1.165) is 18.8 Å². The van der Waals surface area contributed by atoms with Crippen molar-refractivity contribution in [2.45, 2.75) is 19.4 Å². The van der Waals surface area contributed by atoms with Crippen LogP contribution in [-0.4, -0.2) is 12.4 Å². The third kappa shape index (κ3) is 3.24. The molecule has 17 heavy (non-hydrogen) atoms. The Labute approximate surface area is 108 Å². The lowest BCUT2D eigenvalue weighted by Gasteiger charge is -2.13. The molecule has 0 radical (unpaired) electrons. The van der Waals surface area contributed by atoms with Crippen LogP contribution in [0.1, 0.15) is 25.0 Å². The molecular weight excluding hydrogens is 228 g/mol. The van der Waals surface area contributed by atoms with Crippen LogP contribution >= 0.6 is 12.6 Å². The quantitative estimate of drug-likeness (QED) is 0.613. The van der Waals surface area contributed by atoms with Gasteiger partial charge in [-0.15, -0.1) is 0 Å². The first-order chi connectivity index (χ1) is 8.31. The van der Waals surface area contributed by atoms with E-state index in [4.69, 9.17) is 4.74 Å². The Morgan fingerprint density at radius 2 is 1.88 bits per heavy atom. The second kappa shape index (κ2) is 6.08. The Balaban J connectivity index is 2.12. The zero-order valence-corrected chi connectivity index (χ0v) is 11.0. The van der Waals surface area contributed by atoms with Crippen LogP contribution in [-0.2, 0) is 4.74 Å². The van der Waals surface area contributed by atoms with Gasteiger partial charge in [-0.2, -0.15) is 12.6 Å². The summed E-state index contributed by atoms with van der Waals surface area (Å²) in [5.41, 5.74) is 1.24. The molecule has 2 rings (SSSR count). The molecule has 2 aromatic carbocycles. The van der Waals surface area contributed by atoms with E-state index in [1.807, 2.05) is 0 Å². The molecular formula is C15H18OS. The minimum Gasteiger partial charge on any atom is -0.374 e. The molecule has 0 amide bonds. The molecule has 1 atom stereocenters.